The number of nitro groups is 1. The first kappa shape index (κ1) is 22.5. The molecule has 1 aromatic heterocycles. The maximum Gasteiger partial charge on any atom is 0.312 e. The van der Waals surface area contributed by atoms with Gasteiger partial charge in [0.2, 0.25) is 0 Å². The summed E-state index contributed by atoms with van der Waals surface area (Å²) in [5.74, 6) is 1.22. The third kappa shape index (κ3) is 3.95. The van der Waals surface area contributed by atoms with Gasteiger partial charge >= 0.3 is 5.69 Å². The van der Waals surface area contributed by atoms with Crippen LogP contribution in [0.25, 0.3) is 0 Å². The average molecular weight is 450 g/mol. The molecule has 1 aliphatic heterocycles. The summed E-state index contributed by atoms with van der Waals surface area (Å²) in [7, 11) is 3.17. The molecule has 0 bridgehead atoms. The van der Waals surface area contributed by atoms with E-state index in [-0.39, 0.29) is 29.6 Å². The molecule has 3 aromatic rings. The minimum absolute atomic E-state index is 0.0755. The molecule has 0 spiro atoms. The van der Waals surface area contributed by atoms with Gasteiger partial charge in [0.1, 0.15) is 28.9 Å². The molecule has 33 heavy (non-hydrogen) atoms. The Labute approximate surface area is 191 Å². The van der Waals surface area contributed by atoms with Crippen LogP contribution < -0.4 is 14.8 Å². The number of carbonyl (C=O) groups excluding carboxylic acids is 1. The lowest BCUT2D eigenvalue weighted by Crippen LogP contribution is -2.44. The highest BCUT2D eigenvalue weighted by molar-refractivity contribution is 5.86. The zero-order valence-electron chi connectivity index (χ0n) is 18.9. The molecular weight excluding hydrogens is 424 g/mol. The fraction of sp³-hybridized carbons (Fsp3) is 0.333. The number of para-hydroxylation sites is 2. The van der Waals surface area contributed by atoms with Gasteiger partial charge in [0.15, 0.2) is 5.78 Å². The van der Waals surface area contributed by atoms with Crippen molar-refractivity contribution in [2.75, 3.05) is 14.2 Å². The summed E-state index contributed by atoms with van der Waals surface area (Å²) in [6.07, 6.45) is 0.183. The van der Waals surface area contributed by atoms with E-state index >= 15 is 0 Å². The zero-order chi connectivity index (χ0) is 23.7. The van der Waals surface area contributed by atoms with E-state index in [4.69, 9.17) is 9.47 Å². The third-order valence-electron chi connectivity index (χ3n) is 6.15. The van der Waals surface area contributed by atoms with Crippen LogP contribution in [0.15, 0.2) is 48.5 Å². The molecule has 2 heterocycles. The first-order valence-corrected chi connectivity index (χ1v) is 10.6. The Bertz CT molecular complexity index is 1210. The standard InChI is InChI=1S/C24H26N4O5/c1-14-23(28(30)31)15(2)27(26-14)24-19(29)13-18(16-9-5-7-11-20(16)32-3)25-22(24)17-10-6-8-12-21(17)33-4/h5-12,18,22,24-25H,13H2,1-4H3/t18-,22+,24-/m0/s1. The molecule has 9 heteroatoms. The van der Waals surface area contributed by atoms with Crippen LogP contribution in [0, 0.1) is 24.0 Å². The molecule has 0 radical (unpaired) electrons. The van der Waals surface area contributed by atoms with Gasteiger partial charge in [0.05, 0.1) is 25.2 Å². The SMILES string of the molecule is COc1ccccc1[C@@H]1CC(=O)[C@H](n2nc(C)c([N+](=O)[O-])c2C)[C@@H](c2ccccc2OC)N1. The monoisotopic (exact) mass is 450 g/mol. The number of aromatic nitrogens is 2. The number of piperidine rings is 1. The van der Waals surface area contributed by atoms with Gasteiger partial charge < -0.3 is 14.8 Å². The number of hydrogen-bond donors (Lipinski definition) is 1. The fourth-order valence-corrected chi connectivity index (χ4v) is 4.68. The molecule has 4 rings (SSSR count). The number of nitrogens with zero attached hydrogens (tertiary/aromatic N) is 3. The van der Waals surface area contributed by atoms with Crippen LogP contribution in [0.5, 0.6) is 11.5 Å². The average Bonchev–Trinajstić information content (AvgIpc) is 3.11. The topological polar surface area (TPSA) is 109 Å². The summed E-state index contributed by atoms with van der Waals surface area (Å²) in [6.45, 7) is 3.20. The number of ketones is 1. The van der Waals surface area contributed by atoms with Crippen molar-refractivity contribution in [2.45, 2.75) is 38.4 Å². The minimum atomic E-state index is -0.778. The Morgan fingerprint density at radius 1 is 1.03 bits per heavy atom. The second kappa shape index (κ2) is 9.03. The second-order valence-corrected chi connectivity index (χ2v) is 8.02. The molecular formula is C24H26N4O5. The van der Waals surface area contributed by atoms with E-state index in [1.165, 1.54) is 4.68 Å². The molecule has 0 unspecified atom stereocenters. The van der Waals surface area contributed by atoms with Crippen molar-refractivity contribution < 1.29 is 19.2 Å². The molecule has 1 aliphatic rings. The highest BCUT2D eigenvalue weighted by Crippen LogP contribution is 2.43. The minimum Gasteiger partial charge on any atom is -0.496 e. The molecule has 0 saturated carbocycles. The van der Waals surface area contributed by atoms with Crippen molar-refractivity contribution >= 4 is 11.5 Å². The molecule has 3 atom stereocenters. The Morgan fingerprint density at radius 3 is 2.18 bits per heavy atom. The van der Waals surface area contributed by atoms with E-state index in [1.807, 2.05) is 48.5 Å². The van der Waals surface area contributed by atoms with Crippen molar-refractivity contribution in [3.05, 3.63) is 81.2 Å². The summed E-state index contributed by atoms with van der Waals surface area (Å²) in [5.41, 5.74) is 2.18. The normalized spacial score (nSPS) is 20.5. The molecule has 172 valence electrons. The zero-order valence-corrected chi connectivity index (χ0v) is 18.9. The van der Waals surface area contributed by atoms with E-state index in [1.54, 1.807) is 28.1 Å². The fourth-order valence-electron chi connectivity index (χ4n) is 4.68. The van der Waals surface area contributed by atoms with Gasteiger partial charge in [-0.3, -0.25) is 14.9 Å². The number of hydrogen-bond acceptors (Lipinski definition) is 7. The lowest BCUT2D eigenvalue weighted by molar-refractivity contribution is -0.386. The Kier molecular flexibility index (Phi) is 6.15. The molecule has 0 aliphatic carbocycles. The third-order valence-corrected chi connectivity index (χ3v) is 6.15. The predicted molar refractivity (Wildman–Crippen MR) is 122 cm³/mol. The number of carbonyl (C=O) groups is 1. The highest BCUT2D eigenvalue weighted by atomic mass is 16.6. The number of aryl methyl sites for hydroxylation is 1. The summed E-state index contributed by atoms with van der Waals surface area (Å²) < 4.78 is 12.6. The lowest BCUT2D eigenvalue weighted by atomic mass is 9.84. The largest absolute Gasteiger partial charge is 0.496 e. The summed E-state index contributed by atoms with van der Waals surface area (Å²) in [5, 5.41) is 19.6. The first-order chi connectivity index (χ1) is 15.9. The van der Waals surface area contributed by atoms with Gasteiger partial charge in [-0.2, -0.15) is 5.10 Å². The van der Waals surface area contributed by atoms with E-state index in [0.29, 0.717) is 17.2 Å². The van der Waals surface area contributed by atoms with Gasteiger partial charge in [0, 0.05) is 23.6 Å². The summed E-state index contributed by atoms with van der Waals surface area (Å²) in [4.78, 5) is 24.8. The van der Waals surface area contributed by atoms with Gasteiger partial charge in [0.25, 0.3) is 0 Å². The second-order valence-electron chi connectivity index (χ2n) is 8.02. The van der Waals surface area contributed by atoms with Crippen LogP contribution in [-0.4, -0.2) is 34.7 Å². The van der Waals surface area contributed by atoms with E-state index in [9.17, 15) is 14.9 Å². The van der Waals surface area contributed by atoms with Crippen LogP contribution >= 0.6 is 0 Å². The first-order valence-electron chi connectivity index (χ1n) is 10.6. The Balaban J connectivity index is 1.86. The molecule has 2 aromatic carbocycles. The van der Waals surface area contributed by atoms with Crippen LogP contribution in [0.3, 0.4) is 0 Å². The Hall–Kier alpha value is -3.72. The van der Waals surface area contributed by atoms with Crippen LogP contribution in [0.4, 0.5) is 5.69 Å². The lowest BCUT2D eigenvalue weighted by Gasteiger charge is -2.38. The van der Waals surface area contributed by atoms with Crippen LogP contribution in [0.2, 0.25) is 0 Å². The maximum atomic E-state index is 13.7. The number of rotatable bonds is 6. The van der Waals surface area contributed by atoms with Crippen molar-refractivity contribution in [1.82, 2.24) is 15.1 Å². The molecule has 0 amide bonds. The quantitative estimate of drug-likeness (QED) is 0.446. The number of benzene rings is 2. The van der Waals surface area contributed by atoms with Gasteiger partial charge in [-0.15, -0.1) is 0 Å². The summed E-state index contributed by atoms with van der Waals surface area (Å²) >= 11 is 0. The number of methoxy groups -OCH3 is 2. The summed E-state index contributed by atoms with van der Waals surface area (Å²) in [6, 6.07) is 13.4. The number of ether oxygens (including phenoxy) is 2. The number of Topliss-reactive ketones (excluding diaryl/α,β-unsaturated/α-hetero) is 1. The maximum absolute atomic E-state index is 13.7. The molecule has 1 fully saturated rings. The van der Waals surface area contributed by atoms with E-state index < -0.39 is 17.0 Å². The van der Waals surface area contributed by atoms with E-state index in [2.05, 4.69) is 10.4 Å². The van der Waals surface area contributed by atoms with Gasteiger partial charge in [-0.05, 0) is 26.0 Å². The predicted octanol–water partition coefficient (Wildman–Crippen LogP) is 4.01. The van der Waals surface area contributed by atoms with Gasteiger partial charge in [-0.1, -0.05) is 36.4 Å². The highest BCUT2D eigenvalue weighted by Gasteiger charge is 2.43. The van der Waals surface area contributed by atoms with Gasteiger partial charge in [-0.25, -0.2) is 4.68 Å². The molecule has 9 nitrogen and oxygen atoms in total. The van der Waals surface area contributed by atoms with E-state index in [0.717, 1.165) is 11.1 Å². The van der Waals surface area contributed by atoms with Crippen molar-refractivity contribution in [3.8, 4) is 11.5 Å². The molecule has 1 saturated heterocycles. The number of nitrogens with one attached hydrogen (secondary N) is 1. The van der Waals surface area contributed by atoms with Crippen molar-refractivity contribution in [3.63, 3.8) is 0 Å². The van der Waals surface area contributed by atoms with Crippen LogP contribution in [-0.2, 0) is 4.79 Å². The van der Waals surface area contributed by atoms with Crippen LogP contribution in [0.1, 0.15) is 47.1 Å². The van der Waals surface area contributed by atoms with Crippen molar-refractivity contribution in [2.24, 2.45) is 0 Å². The van der Waals surface area contributed by atoms with Crippen molar-refractivity contribution in [1.29, 1.82) is 0 Å². The smallest absolute Gasteiger partial charge is 0.312 e. The molecule has 1 N–H and O–H groups in total. The Morgan fingerprint density at radius 2 is 1.61 bits per heavy atom.